The van der Waals surface area contributed by atoms with E-state index in [1.807, 2.05) is 53.5 Å². The van der Waals surface area contributed by atoms with Gasteiger partial charge in [0.25, 0.3) is 0 Å². The smallest absolute Gasteiger partial charge is 0.326 e. The largest absolute Gasteiger partial charge is 0.459 e. The highest BCUT2D eigenvalue weighted by atomic mass is 32.2. The van der Waals surface area contributed by atoms with Gasteiger partial charge >= 0.3 is 23.2 Å². The van der Waals surface area contributed by atoms with Gasteiger partial charge in [-0.2, -0.15) is 35.1 Å². The van der Waals surface area contributed by atoms with E-state index in [9.17, 15) is 39.6 Å². The Labute approximate surface area is 177 Å². The van der Waals surface area contributed by atoms with Gasteiger partial charge in [-0.05, 0) is 25.4 Å². The van der Waals surface area contributed by atoms with Crippen molar-refractivity contribution in [3.63, 3.8) is 0 Å². The predicted molar refractivity (Wildman–Crippen MR) is 102 cm³/mol. The second kappa shape index (κ2) is 13.9. The van der Waals surface area contributed by atoms with Gasteiger partial charge < -0.3 is 4.48 Å². The van der Waals surface area contributed by atoms with Crippen molar-refractivity contribution in [3.8, 4) is 0 Å². The highest BCUT2D eigenvalue weighted by Crippen LogP contribution is 2.56. The summed E-state index contributed by atoms with van der Waals surface area (Å²) in [5.41, 5.74) is 0. The molecule has 0 aliphatic carbocycles. The van der Waals surface area contributed by atoms with Crippen molar-refractivity contribution >= 4 is 11.9 Å². The summed E-state index contributed by atoms with van der Waals surface area (Å²) >= 11 is -0.985. The summed E-state index contributed by atoms with van der Waals surface area (Å²) in [4.78, 5) is 1.85. The SMILES string of the molecule is CC.CC.CC[N+](C)(CC)CCCN(C)SC(F)(F)C(F)(OF)C(F)(F)C(F)(F)F. The van der Waals surface area contributed by atoms with Gasteiger partial charge in [0.15, 0.2) is 0 Å². The second-order valence-corrected chi connectivity index (χ2v) is 7.35. The molecule has 1 unspecified atom stereocenters. The first-order chi connectivity index (χ1) is 13.5. The molecule has 0 N–H and O–H groups in total. The lowest BCUT2D eigenvalue weighted by Crippen LogP contribution is -2.63. The third kappa shape index (κ3) is 8.62. The van der Waals surface area contributed by atoms with Crippen LogP contribution in [0.2, 0.25) is 0 Å². The van der Waals surface area contributed by atoms with E-state index < -0.39 is 35.2 Å². The average Bonchev–Trinajstić information content (AvgIpc) is 2.68. The van der Waals surface area contributed by atoms with Gasteiger partial charge in [0, 0.05) is 24.9 Å². The predicted octanol–water partition coefficient (Wildman–Crippen LogP) is 6.85. The van der Waals surface area contributed by atoms with Crippen LogP contribution in [0.3, 0.4) is 0 Å². The number of hydrogen-bond donors (Lipinski definition) is 0. The third-order valence-electron chi connectivity index (χ3n) is 4.21. The molecule has 0 spiro atoms. The fourth-order valence-electron chi connectivity index (χ4n) is 1.97. The molecule has 13 heteroatoms. The molecule has 0 bridgehead atoms. The monoisotopic (exact) mass is 485 g/mol. The fourth-order valence-corrected chi connectivity index (χ4v) is 2.86. The molecule has 0 radical (unpaired) electrons. The van der Waals surface area contributed by atoms with Gasteiger partial charge in [-0.15, -0.1) is 4.94 Å². The molecule has 0 aromatic rings. The van der Waals surface area contributed by atoms with Crippen molar-refractivity contribution in [1.82, 2.24) is 4.31 Å². The van der Waals surface area contributed by atoms with E-state index in [-0.39, 0.29) is 13.0 Å². The molecule has 186 valence electrons. The maximum absolute atomic E-state index is 13.7. The number of hydrogen-bond acceptors (Lipinski definition) is 3. The Morgan fingerprint density at radius 2 is 1.27 bits per heavy atom. The number of alkyl halides is 8. The van der Waals surface area contributed by atoms with E-state index >= 15 is 0 Å². The molecule has 1 atom stereocenters. The number of nitrogens with zero attached hydrogens (tertiary/aromatic N) is 2. The summed E-state index contributed by atoms with van der Waals surface area (Å²) in [6, 6.07) is 0. The number of quaternary nitrogens is 1. The van der Waals surface area contributed by atoms with Crippen LogP contribution in [-0.4, -0.2) is 72.3 Å². The molecule has 30 heavy (non-hydrogen) atoms. The van der Waals surface area contributed by atoms with Crippen LogP contribution >= 0.6 is 11.9 Å². The van der Waals surface area contributed by atoms with Crippen LogP contribution < -0.4 is 0 Å². The van der Waals surface area contributed by atoms with Crippen molar-refractivity contribution in [2.24, 2.45) is 0 Å². The van der Waals surface area contributed by atoms with Crippen LogP contribution in [0.5, 0.6) is 0 Å². The lowest BCUT2D eigenvalue weighted by Gasteiger charge is -2.37. The van der Waals surface area contributed by atoms with Gasteiger partial charge in [-0.3, -0.25) is 0 Å². The zero-order chi connectivity index (χ0) is 25.0. The molecule has 0 fully saturated rings. The van der Waals surface area contributed by atoms with E-state index in [2.05, 4.69) is 0 Å². The van der Waals surface area contributed by atoms with Crippen molar-refractivity contribution in [2.45, 2.75) is 71.2 Å². The first-order valence-corrected chi connectivity index (χ1v) is 10.4. The Morgan fingerprint density at radius 1 is 0.867 bits per heavy atom. The molecule has 3 nitrogen and oxygen atoms in total. The minimum absolute atomic E-state index is 0.186. The van der Waals surface area contributed by atoms with E-state index in [0.717, 1.165) is 20.1 Å². The van der Waals surface area contributed by atoms with E-state index in [4.69, 9.17) is 0 Å². The molecule has 0 saturated heterocycles. The molecule has 0 saturated carbocycles. The highest BCUT2D eigenvalue weighted by Gasteiger charge is 2.83. The minimum Gasteiger partial charge on any atom is -0.326 e. The zero-order valence-electron chi connectivity index (χ0n) is 18.6. The van der Waals surface area contributed by atoms with E-state index in [0.29, 0.717) is 15.3 Å². The summed E-state index contributed by atoms with van der Waals surface area (Å²) in [6.45, 7) is 13.6. The van der Waals surface area contributed by atoms with E-state index in [1.165, 1.54) is 0 Å². The summed E-state index contributed by atoms with van der Waals surface area (Å²) in [5.74, 6) is -13.0. The topological polar surface area (TPSA) is 12.5 Å². The van der Waals surface area contributed by atoms with E-state index in [1.54, 1.807) is 0 Å². The molecule has 0 aliphatic rings. The molecular weight excluding hydrogens is 451 g/mol. The minimum atomic E-state index is -6.78. The average molecular weight is 486 g/mol. The summed E-state index contributed by atoms with van der Waals surface area (Å²) in [5, 5.41) is -5.55. The Kier molecular flexibility index (Phi) is 15.8. The Bertz CT molecular complexity index is 449. The number of halogens is 9. The molecule has 0 rings (SSSR count). The molecular formula is C17H34F9N2OS+. The highest BCUT2D eigenvalue weighted by molar-refractivity contribution is 7.98. The lowest BCUT2D eigenvalue weighted by molar-refractivity contribution is -0.906. The van der Waals surface area contributed by atoms with Crippen LogP contribution in [0, 0.1) is 0 Å². The second-order valence-electron chi connectivity index (χ2n) is 6.03. The Hall–Kier alpha value is -0.400. The maximum atomic E-state index is 13.7. The zero-order valence-corrected chi connectivity index (χ0v) is 19.5. The van der Waals surface area contributed by atoms with Crippen LogP contribution in [0.1, 0.15) is 48.0 Å². The van der Waals surface area contributed by atoms with Crippen molar-refractivity contribution in [1.29, 1.82) is 0 Å². The number of rotatable bonds is 11. The first kappa shape index (κ1) is 34.2. The normalized spacial score (nSPS) is 15.0. The molecule has 0 aromatic heterocycles. The Morgan fingerprint density at radius 3 is 1.57 bits per heavy atom. The summed E-state index contributed by atoms with van der Waals surface area (Å²) in [6.07, 6.45) is -6.51. The van der Waals surface area contributed by atoms with Crippen molar-refractivity contribution in [3.05, 3.63) is 0 Å². The van der Waals surface area contributed by atoms with Crippen LogP contribution in [-0.2, 0) is 4.94 Å². The van der Waals surface area contributed by atoms with Crippen molar-refractivity contribution in [2.75, 3.05) is 40.3 Å². The lowest BCUT2D eigenvalue weighted by atomic mass is 10.1. The molecule has 0 aliphatic heterocycles. The fraction of sp³-hybridized carbons (Fsp3) is 1.00. The Balaban J connectivity index is -0.00000171. The standard InChI is InChI=1S/C13H22F9N2OS.2C2H6/c1-5-24(4,6-2)9-7-8-23(3)26-13(20,21)11(16,25-22)10(14,15)12(17,18)19;2*1-2/h5-9H2,1-4H3;2*1-2H3/q+1;;. The van der Waals surface area contributed by atoms with Crippen LogP contribution in [0.15, 0.2) is 0 Å². The summed E-state index contributed by atoms with van der Waals surface area (Å²) < 4.78 is 117. The van der Waals surface area contributed by atoms with Gasteiger partial charge in [0.05, 0.1) is 26.7 Å². The molecule has 0 amide bonds. The van der Waals surface area contributed by atoms with Crippen LogP contribution in [0.25, 0.3) is 0 Å². The maximum Gasteiger partial charge on any atom is 0.459 e. The van der Waals surface area contributed by atoms with Gasteiger partial charge in [-0.1, -0.05) is 27.7 Å². The third-order valence-corrected chi connectivity index (χ3v) is 5.19. The van der Waals surface area contributed by atoms with Gasteiger partial charge in [-0.25, -0.2) is 4.31 Å². The van der Waals surface area contributed by atoms with Crippen molar-refractivity contribution < 1.29 is 49.1 Å². The quantitative estimate of drug-likeness (QED) is 0.180. The molecule has 0 heterocycles. The first-order valence-electron chi connectivity index (χ1n) is 9.58. The molecule has 0 aromatic carbocycles. The van der Waals surface area contributed by atoms with Gasteiger partial charge in [0.1, 0.15) is 0 Å². The van der Waals surface area contributed by atoms with Crippen LogP contribution in [0.4, 0.5) is 39.6 Å². The summed E-state index contributed by atoms with van der Waals surface area (Å²) in [7, 11) is 2.82. The van der Waals surface area contributed by atoms with Gasteiger partial charge in [0.2, 0.25) is 0 Å².